The number of aliphatic carboxylic acids is 1. The van der Waals surface area contributed by atoms with Crippen LogP contribution in [0.1, 0.15) is 85.8 Å². The third-order valence-electron chi connectivity index (χ3n) is 12.5. The highest BCUT2D eigenvalue weighted by atomic mass is 16.6. The van der Waals surface area contributed by atoms with Crippen LogP contribution in [-0.4, -0.2) is 109 Å². The minimum absolute atomic E-state index is 0.0278. The minimum Gasteiger partial charge on any atom is -0.478 e. The number of esters is 1. The van der Waals surface area contributed by atoms with Crippen LogP contribution in [0.25, 0.3) is 0 Å². The predicted molar refractivity (Wildman–Crippen MR) is 210 cm³/mol. The Balaban J connectivity index is 0.000000640. The number of rotatable bonds is 9. The Morgan fingerprint density at radius 2 is 1.70 bits per heavy atom. The number of carbonyl (C=O) groups excluding carboxylic acids is 4. The number of carbonyl (C=O) groups is 5. The van der Waals surface area contributed by atoms with Gasteiger partial charge in [-0.2, -0.15) is 0 Å². The number of fused-ring (bicyclic) bond motifs is 1. The quantitative estimate of drug-likeness (QED) is 0.0849. The lowest BCUT2D eigenvalue weighted by atomic mass is 9.22. The number of amides is 1. The smallest absolute Gasteiger partial charge is 0.408 e. The van der Waals surface area contributed by atoms with Gasteiger partial charge in [0.05, 0.1) is 47.9 Å². The van der Waals surface area contributed by atoms with Crippen molar-refractivity contribution in [2.24, 2.45) is 22.2 Å². The summed E-state index contributed by atoms with van der Waals surface area (Å²) in [5, 5.41) is 30.3. The number of hydrogen-bond acceptors (Lipinski definition) is 12. The van der Waals surface area contributed by atoms with Crippen LogP contribution < -0.4 is 5.32 Å². The largest absolute Gasteiger partial charge is 0.478 e. The number of aldehydes is 1. The van der Waals surface area contributed by atoms with Gasteiger partial charge in [0.1, 0.15) is 24.1 Å². The molecule has 0 radical (unpaired) electrons. The highest BCUT2D eigenvalue weighted by Gasteiger charge is 2.88. The van der Waals surface area contributed by atoms with Gasteiger partial charge in [0, 0.05) is 50.9 Å². The Hall–Kier alpha value is -4.21. The molecule has 1 aliphatic heterocycles. The van der Waals surface area contributed by atoms with E-state index < -0.39 is 63.7 Å². The predicted octanol–water partition coefficient (Wildman–Crippen LogP) is 5.07. The number of alkyl carbamates (subject to hydrolysis) is 1. The maximum absolute atomic E-state index is 14.5. The van der Waals surface area contributed by atoms with Gasteiger partial charge in [-0.05, 0) is 64.7 Å². The summed E-state index contributed by atoms with van der Waals surface area (Å²) in [7, 11) is 4.15. The number of carboxylic acids is 1. The Morgan fingerprint density at radius 3 is 2.16 bits per heavy atom. The van der Waals surface area contributed by atoms with Gasteiger partial charge in [-0.25, -0.2) is 9.59 Å². The van der Waals surface area contributed by atoms with Gasteiger partial charge in [0.25, 0.3) is 0 Å². The first-order valence-electron chi connectivity index (χ1n) is 19.0. The Morgan fingerprint density at radius 1 is 1.11 bits per heavy atom. The second-order valence-corrected chi connectivity index (χ2v) is 16.3. The van der Waals surface area contributed by atoms with Crippen LogP contribution in [0.5, 0.6) is 0 Å². The molecule has 4 N–H and O–H groups in total. The summed E-state index contributed by atoms with van der Waals surface area (Å²) < 4.78 is 29.5. The van der Waals surface area contributed by atoms with Crippen molar-refractivity contribution in [3.8, 4) is 0 Å². The molecule has 57 heavy (non-hydrogen) atoms. The van der Waals surface area contributed by atoms with Crippen molar-refractivity contribution in [3.63, 3.8) is 0 Å². The molecule has 14 nitrogen and oxygen atoms in total. The molecular formula is C43H61NO13. The summed E-state index contributed by atoms with van der Waals surface area (Å²) in [4.78, 5) is 59.4. The molecule has 0 aromatic heterocycles. The van der Waals surface area contributed by atoms with Crippen LogP contribution >= 0.6 is 0 Å². The van der Waals surface area contributed by atoms with Crippen molar-refractivity contribution >= 4 is 30.1 Å². The van der Waals surface area contributed by atoms with Crippen molar-refractivity contribution in [2.45, 2.75) is 116 Å². The molecule has 1 amide bonds. The van der Waals surface area contributed by atoms with Crippen LogP contribution in [-0.2, 0) is 42.9 Å². The van der Waals surface area contributed by atoms with E-state index in [9.17, 15) is 24.3 Å². The summed E-state index contributed by atoms with van der Waals surface area (Å²) in [6.45, 7) is 19.6. The van der Waals surface area contributed by atoms with Crippen LogP contribution in [0.2, 0.25) is 0 Å². The third kappa shape index (κ3) is 8.11. The second-order valence-electron chi connectivity index (χ2n) is 16.3. The zero-order valence-electron chi connectivity index (χ0n) is 34.9. The molecule has 1 aromatic rings. The van der Waals surface area contributed by atoms with Gasteiger partial charge in [0.15, 0.2) is 5.78 Å². The zero-order valence-corrected chi connectivity index (χ0v) is 34.9. The second kappa shape index (κ2) is 18.2. The summed E-state index contributed by atoms with van der Waals surface area (Å²) in [5.41, 5.74) is -2.06. The fourth-order valence-electron chi connectivity index (χ4n) is 10.0. The molecule has 1 spiro atoms. The van der Waals surface area contributed by atoms with Gasteiger partial charge in [0.2, 0.25) is 0 Å². The Kier molecular flexibility index (Phi) is 15.0. The molecule has 3 saturated carbocycles. The minimum atomic E-state index is -1.24. The van der Waals surface area contributed by atoms with Crippen LogP contribution in [0.15, 0.2) is 66.3 Å². The van der Waals surface area contributed by atoms with Gasteiger partial charge in [-0.15, -0.1) is 0 Å². The topological polar surface area (TPSA) is 204 Å². The highest BCUT2D eigenvalue weighted by molar-refractivity contribution is 5.96. The third-order valence-corrected chi connectivity index (χ3v) is 12.5. The number of hydrogen-bond donors (Lipinski definition) is 4. The van der Waals surface area contributed by atoms with Crippen molar-refractivity contribution in [1.82, 2.24) is 5.32 Å². The lowest BCUT2D eigenvalue weighted by Crippen LogP contribution is -2.88. The van der Waals surface area contributed by atoms with Gasteiger partial charge in [-0.1, -0.05) is 56.5 Å². The fourth-order valence-corrected chi connectivity index (χ4v) is 10.0. The van der Waals surface area contributed by atoms with E-state index in [-0.39, 0.29) is 42.3 Å². The van der Waals surface area contributed by atoms with Gasteiger partial charge < -0.3 is 49.1 Å². The molecule has 316 valence electrons. The van der Waals surface area contributed by atoms with E-state index in [4.69, 9.17) is 38.7 Å². The Labute approximate surface area is 335 Å². The number of nitrogens with one attached hydrogen (secondary N) is 1. The molecule has 8 unspecified atom stereocenters. The standard InChI is InChI=1S/C35H47NO9.C5H6O2.C2H4O.CH4O/c1-19-24(44-26(37)14-22(20-12-10-9-11-13-20)36-30(39)45-31(2,3)4)16-34(40)18-35-21-17-43-23(21)15-25(41-7)32(35,5)29(38)28(42-8)27(19)33(34,35)6;1-3-4(2)5(6)7;1-2-3;1-2/h9-13,21-25,28,40H,14-18H2,1-8H3,(H,36,39);3H,1-2H2,(H,6,7);2H,1H3;2H,1H3/t21?,22?,23-,24+,25?,28?,32?,33?,34?,35?;;;/m1.../s1. The first kappa shape index (κ1) is 47.2. The molecule has 1 heterocycles. The van der Waals surface area contributed by atoms with E-state index in [2.05, 4.69) is 25.4 Å². The van der Waals surface area contributed by atoms with Crippen molar-refractivity contribution in [1.29, 1.82) is 0 Å². The average molecular weight is 800 g/mol. The summed E-state index contributed by atoms with van der Waals surface area (Å²) in [6.07, 6.45) is 0.233. The number of methoxy groups -OCH3 is 2. The number of ketones is 1. The molecule has 4 fully saturated rings. The number of ether oxygens (including phenoxy) is 5. The average Bonchev–Trinajstić information content (AvgIpc) is 3.14. The maximum atomic E-state index is 14.5. The summed E-state index contributed by atoms with van der Waals surface area (Å²) in [6, 6.07) is 8.48. The normalized spacial score (nSPS) is 33.3. The van der Waals surface area contributed by atoms with Gasteiger partial charge in [-0.3, -0.25) is 9.59 Å². The van der Waals surface area contributed by atoms with Crippen molar-refractivity contribution in [2.75, 3.05) is 27.9 Å². The molecule has 6 rings (SSSR count). The summed E-state index contributed by atoms with van der Waals surface area (Å²) >= 11 is 0. The van der Waals surface area contributed by atoms with Gasteiger partial charge >= 0.3 is 18.0 Å². The highest BCUT2D eigenvalue weighted by Crippen LogP contribution is 2.84. The van der Waals surface area contributed by atoms with E-state index in [0.717, 1.165) is 24.5 Å². The van der Waals surface area contributed by atoms with E-state index >= 15 is 0 Å². The molecule has 4 aliphatic carbocycles. The molecule has 1 saturated heterocycles. The number of Topliss-reactive ketones (excluding diaryl/α,β-unsaturated/α-hetero) is 1. The molecular weight excluding hydrogens is 738 g/mol. The number of benzene rings is 1. The van der Waals surface area contributed by atoms with Crippen LogP contribution in [0, 0.1) is 22.2 Å². The van der Waals surface area contributed by atoms with E-state index in [1.54, 1.807) is 27.9 Å². The van der Waals surface area contributed by atoms with E-state index in [0.29, 0.717) is 25.0 Å². The first-order valence-corrected chi connectivity index (χ1v) is 19.0. The molecule has 5 aliphatic rings. The molecule has 1 aromatic carbocycles. The molecule has 14 heteroatoms. The monoisotopic (exact) mass is 799 g/mol. The fraction of sp³-hybridized carbons (Fsp3) is 0.605. The van der Waals surface area contributed by atoms with Crippen LogP contribution in [0.4, 0.5) is 4.79 Å². The Bertz CT molecular complexity index is 1720. The lowest BCUT2D eigenvalue weighted by molar-refractivity contribution is -0.389. The summed E-state index contributed by atoms with van der Waals surface area (Å²) in [5.74, 6) is -1.53. The number of aliphatic hydroxyl groups excluding tert-OH is 1. The zero-order chi connectivity index (χ0) is 43.3. The number of carboxylic acid groups (broad SMARTS) is 1. The van der Waals surface area contributed by atoms with Crippen molar-refractivity contribution < 1.29 is 63.0 Å². The molecule has 0 bridgehead atoms. The maximum Gasteiger partial charge on any atom is 0.408 e. The van der Waals surface area contributed by atoms with E-state index in [1.807, 2.05) is 44.2 Å². The lowest BCUT2D eigenvalue weighted by Gasteiger charge is -2.83. The van der Waals surface area contributed by atoms with Crippen molar-refractivity contribution in [3.05, 3.63) is 71.8 Å². The number of aliphatic hydroxyl groups is 2. The van der Waals surface area contributed by atoms with Crippen LogP contribution in [0.3, 0.4) is 0 Å². The SMILES string of the molecule is C=CC(=C)C(=O)O.CC=O.CO.COC1C(=O)C2(C)C(OC)C[C@H]3OCC3C23CC2(O)C[C@H](OC(=O)CC(NC(=O)OC(C)(C)C)c4ccccc4)C(C)=C1C23C. The molecule has 10 atom stereocenters. The first-order chi connectivity index (χ1) is 26.7. The van der Waals surface area contributed by atoms with E-state index in [1.165, 1.54) is 20.1 Å².